The van der Waals surface area contributed by atoms with Crippen LogP contribution in [0.15, 0.2) is 24.3 Å². The number of hydrogen-bond donors (Lipinski definition) is 2. The predicted molar refractivity (Wildman–Crippen MR) is 71.5 cm³/mol. The second-order valence-corrected chi connectivity index (χ2v) is 4.24. The summed E-state index contributed by atoms with van der Waals surface area (Å²) in [6.45, 7) is 3.72. The van der Waals surface area contributed by atoms with E-state index in [-0.39, 0.29) is 5.91 Å². The van der Waals surface area contributed by atoms with E-state index in [9.17, 15) is 4.79 Å². The molecule has 0 radical (unpaired) electrons. The SMILES string of the molecule is Cc1ccccc1NC(=O)c1c(N)c(C)nn1C. The van der Waals surface area contributed by atoms with Crippen LogP contribution in [0.5, 0.6) is 0 Å². The minimum atomic E-state index is -0.245. The molecule has 0 saturated carbocycles. The highest BCUT2D eigenvalue weighted by Crippen LogP contribution is 2.19. The number of para-hydroxylation sites is 1. The first-order valence-corrected chi connectivity index (χ1v) is 5.66. The van der Waals surface area contributed by atoms with Gasteiger partial charge in [-0.05, 0) is 25.5 Å². The highest BCUT2D eigenvalue weighted by molar-refractivity contribution is 6.07. The Labute approximate surface area is 106 Å². The Morgan fingerprint density at radius 2 is 2.00 bits per heavy atom. The maximum atomic E-state index is 12.2. The van der Waals surface area contributed by atoms with Crippen molar-refractivity contribution in [2.75, 3.05) is 11.1 Å². The summed E-state index contributed by atoms with van der Waals surface area (Å²) in [5.74, 6) is -0.245. The Hall–Kier alpha value is -2.30. The molecule has 1 heterocycles. The van der Waals surface area contributed by atoms with Crippen LogP contribution in [0.3, 0.4) is 0 Å². The van der Waals surface area contributed by atoms with E-state index >= 15 is 0 Å². The largest absolute Gasteiger partial charge is 0.395 e. The van der Waals surface area contributed by atoms with E-state index in [1.54, 1.807) is 14.0 Å². The van der Waals surface area contributed by atoms with Gasteiger partial charge in [0, 0.05) is 12.7 Å². The zero-order chi connectivity index (χ0) is 13.3. The number of nitrogens with zero attached hydrogens (tertiary/aromatic N) is 2. The van der Waals surface area contributed by atoms with E-state index < -0.39 is 0 Å². The van der Waals surface area contributed by atoms with Gasteiger partial charge in [0.2, 0.25) is 0 Å². The Morgan fingerprint density at radius 1 is 1.33 bits per heavy atom. The van der Waals surface area contributed by atoms with Crippen LogP contribution < -0.4 is 11.1 Å². The zero-order valence-corrected chi connectivity index (χ0v) is 10.7. The van der Waals surface area contributed by atoms with E-state index in [1.165, 1.54) is 4.68 Å². The van der Waals surface area contributed by atoms with Crippen LogP contribution in [0.4, 0.5) is 11.4 Å². The normalized spacial score (nSPS) is 10.4. The molecule has 1 aromatic heterocycles. The second-order valence-electron chi connectivity index (χ2n) is 4.24. The molecule has 1 amide bonds. The summed E-state index contributed by atoms with van der Waals surface area (Å²) in [7, 11) is 1.70. The van der Waals surface area contributed by atoms with Crippen molar-refractivity contribution in [3.05, 3.63) is 41.2 Å². The topological polar surface area (TPSA) is 72.9 Å². The third kappa shape index (κ3) is 2.07. The van der Waals surface area contributed by atoms with Gasteiger partial charge >= 0.3 is 0 Å². The summed E-state index contributed by atoms with van der Waals surface area (Å²) in [6.07, 6.45) is 0. The highest BCUT2D eigenvalue weighted by atomic mass is 16.2. The number of hydrogen-bond acceptors (Lipinski definition) is 3. The van der Waals surface area contributed by atoms with E-state index in [4.69, 9.17) is 5.73 Å². The molecule has 18 heavy (non-hydrogen) atoms. The van der Waals surface area contributed by atoms with Crippen molar-refractivity contribution in [2.45, 2.75) is 13.8 Å². The second kappa shape index (κ2) is 4.52. The summed E-state index contributed by atoms with van der Waals surface area (Å²) in [6, 6.07) is 7.59. The lowest BCUT2D eigenvalue weighted by atomic mass is 10.2. The Morgan fingerprint density at radius 3 is 2.56 bits per heavy atom. The Balaban J connectivity index is 2.31. The van der Waals surface area contributed by atoms with Crippen LogP contribution in [0.2, 0.25) is 0 Å². The number of aryl methyl sites for hydroxylation is 3. The van der Waals surface area contributed by atoms with E-state index in [0.717, 1.165) is 11.3 Å². The molecule has 0 aliphatic heterocycles. The lowest BCUT2D eigenvalue weighted by Gasteiger charge is -2.08. The Kier molecular flexibility index (Phi) is 3.06. The monoisotopic (exact) mass is 244 g/mol. The molecule has 0 bridgehead atoms. The van der Waals surface area contributed by atoms with Gasteiger partial charge in [-0.1, -0.05) is 18.2 Å². The van der Waals surface area contributed by atoms with Gasteiger partial charge in [0.25, 0.3) is 5.91 Å². The predicted octanol–water partition coefficient (Wildman–Crippen LogP) is 1.87. The molecule has 5 nitrogen and oxygen atoms in total. The summed E-state index contributed by atoms with van der Waals surface area (Å²) in [5, 5.41) is 6.97. The minimum Gasteiger partial charge on any atom is -0.395 e. The number of nitrogen functional groups attached to an aromatic ring is 1. The van der Waals surface area contributed by atoms with Crippen LogP contribution in [-0.4, -0.2) is 15.7 Å². The molecule has 1 aromatic carbocycles. The van der Waals surface area contributed by atoms with E-state index in [1.807, 2.05) is 31.2 Å². The summed E-state index contributed by atoms with van der Waals surface area (Å²) >= 11 is 0. The van der Waals surface area contributed by atoms with Gasteiger partial charge in [-0.2, -0.15) is 5.10 Å². The molecule has 5 heteroatoms. The van der Waals surface area contributed by atoms with Crippen LogP contribution in [0.25, 0.3) is 0 Å². The van der Waals surface area contributed by atoms with Gasteiger partial charge in [-0.3, -0.25) is 9.48 Å². The molecule has 94 valence electrons. The van der Waals surface area contributed by atoms with Crippen molar-refractivity contribution in [1.82, 2.24) is 9.78 Å². The van der Waals surface area contributed by atoms with Crippen LogP contribution in [0, 0.1) is 13.8 Å². The average molecular weight is 244 g/mol. The number of amides is 1. The number of carbonyl (C=O) groups is 1. The Bertz CT molecular complexity index is 601. The smallest absolute Gasteiger partial charge is 0.276 e. The lowest BCUT2D eigenvalue weighted by molar-refractivity contribution is 0.101. The van der Waals surface area contributed by atoms with Crippen molar-refractivity contribution < 1.29 is 4.79 Å². The number of rotatable bonds is 2. The molecule has 0 fully saturated rings. The maximum Gasteiger partial charge on any atom is 0.276 e. The van der Waals surface area contributed by atoms with Crippen molar-refractivity contribution in [2.24, 2.45) is 7.05 Å². The van der Waals surface area contributed by atoms with Gasteiger partial charge in [0.05, 0.1) is 11.4 Å². The number of nitrogens with one attached hydrogen (secondary N) is 1. The average Bonchev–Trinajstić information content (AvgIpc) is 2.56. The highest BCUT2D eigenvalue weighted by Gasteiger charge is 2.18. The van der Waals surface area contributed by atoms with Crippen LogP contribution in [0.1, 0.15) is 21.7 Å². The fourth-order valence-corrected chi connectivity index (χ4v) is 1.84. The third-order valence-electron chi connectivity index (χ3n) is 2.88. The summed E-state index contributed by atoms with van der Waals surface area (Å²) in [5.41, 5.74) is 9.10. The van der Waals surface area contributed by atoms with Gasteiger partial charge in [0.15, 0.2) is 0 Å². The van der Waals surface area contributed by atoms with Crippen LogP contribution >= 0.6 is 0 Å². The molecule has 0 saturated heterocycles. The van der Waals surface area contributed by atoms with Crippen LogP contribution in [-0.2, 0) is 7.05 Å². The van der Waals surface area contributed by atoms with Gasteiger partial charge in [0.1, 0.15) is 5.69 Å². The lowest BCUT2D eigenvalue weighted by Crippen LogP contribution is -2.18. The first-order chi connectivity index (χ1) is 8.50. The maximum absolute atomic E-state index is 12.2. The molecule has 0 aliphatic rings. The number of carbonyl (C=O) groups excluding carboxylic acids is 1. The first kappa shape index (κ1) is 12.2. The molecular weight excluding hydrogens is 228 g/mol. The van der Waals surface area contributed by atoms with Gasteiger partial charge < -0.3 is 11.1 Å². The fraction of sp³-hybridized carbons (Fsp3) is 0.231. The molecule has 0 spiro atoms. The van der Waals surface area contributed by atoms with Crippen molar-refractivity contribution >= 4 is 17.3 Å². The van der Waals surface area contributed by atoms with Gasteiger partial charge in [-0.25, -0.2) is 0 Å². The molecule has 0 atom stereocenters. The molecular formula is C13H16N4O. The molecule has 2 aromatic rings. The van der Waals surface area contributed by atoms with Gasteiger partial charge in [-0.15, -0.1) is 0 Å². The summed E-state index contributed by atoms with van der Waals surface area (Å²) < 4.78 is 1.50. The number of benzene rings is 1. The molecule has 3 N–H and O–H groups in total. The number of aromatic nitrogens is 2. The van der Waals surface area contributed by atoms with E-state index in [0.29, 0.717) is 17.1 Å². The minimum absolute atomic E-state index is 0.245. The van der Waals surface area contributed by atoms with Crippen molar-refractivity contribution in [3.63, 3.8) is 0 Å². The van der Waals surface area contributed by atoms with Crippen molar-refractivity contribution in [3.8, 4) is 0 Å². The number of anilines is 2. The third-order valence-corrected chi connectivity index (χ3v) is 2.88. The molecule has 2 rings (SSSR count). The number of nitrogens with two attached hydrogens (primary N) is 1. The fourth-order valence-electron chi connectivity index (χ4n) is 1.84. The molecule has 0 unspecified atom stereocenters. The van der Waals surface area contributed by atoms with E-state index in [2.05, 4.69) is 10.4 Å². The first-order valence-electron chi connectivity index (χ1n) is 5.66. The molecule has 0 aliphatic carbocycles. The quantitative estimate of drug-likeness (QED) is 0.847. The van der Waals surface area contributed by atoms with Crippen molar-refractivity contribution in [1.29, 1.82) is 0 Å². The standard InChI is InChI=1S/C13H16N4O/c1-8-6-4-5-7-10(8)15-13(18)12-11(14)9(2)16-17(12)3/h4-7H,14H2,1-3H3,(H,15,18). The zero-order valence-electron chi connectivity index (χ0n) is 10.7. The summed E-state index contributed by atoms with van der Waals surface area (Å²) in [4.78, 5) is 12.2.